The highest BCUT2D eigenvalue weighted by Gasteiger charge is 2.47. The van der Waals surface area contributed by atoms with Crippen molar-refractivity contribution in [3.05, 3.63) is 17.8 Å². The van der Waals surface area contributed by atoms with Crippen molar-refractivity contribution in [1.29, 1.82) is 0 Å². The van der Waals surface area contributed by atoms with Crippen molar-refractivity contribution in [2.75, 3.05) is 38.2 Å². The molecule has 2 N–H and O–H groups in total. The van der Waals surface area contributed by atoms with Crippen molar-refractivity contribution in [2.45, 2.75) is 62.9 Å². The molecule has 0 radical (unpaired) electrons. The van der Waals surface area contributed by atoms with Gasteiger partial charge in [0.05, 0.1) is 13.2 Å². The van der Waals surface area contributed by atoms with E-state index in [9.17, 15) is 26.7 Å². The monoisotopic (exact) mass is 481 g/mol. The average molecular weight is 482 g/mol. The van der Waals surface area contributed by atoms with E-state index in [0.29, 0.717) is 32.5 Å². The Morgan fingerprint density at radius 1 is 1.28 bits per heavy atom. The van der Waals surface area contributed by atoms with E-state index in [0.717, 1.165) is 10.4 Å². The predicted molar refractivity (Wildman–Crippen MR) is 110 cm³/mol. The van der Waals surface area contributed by atoms with Crippen LogP contribution in [0.1, 0.15) is 45.7 Å². The minimum absolute atomic E-state index is 0.0896. The molecule has 2 aliphatic rings. The van der Waals surface area contributed by atoms with Gasteiger partial charge >= 0.3 is 6.18 Å². The molecule has 3 rings (SSSR count). The highest BCUT2D eigenvalue weighted by molar-refractivity contribution is 7.89. The maximum Gasteiger partial charge on any atom is 0.434 e. The summed E-state index contributed by atoms with van der Waals surface area (Å²) in [6, 6.07) is 1.56. The van der Waals surface area contributed by atoms with E-state index in [4.69, 9.17) is 9.47 Å². The molecule has 1 atom stereocenters. The van der Waals surface area contributed by atoms with Crippen LogP contribution < -0.4 is 5.32 Å². The number of aliphatic hydroxyl groups excluding tert-OH is 1. The van der Waals surface area contributed by atoms with Gasteiger partial charge in [-0.15, -0.1) is 0 Å². The summed E-state index contributed by atoms with van der Waals surface area (Å²) in [5.74, 6) is -0.903. The van der Waals surface area contributed by atoms with Crippen LogP contribution in [0.3, 0.4) is 0 Å². The standard InChI is InChI=1S/C20H30F3N3O5S/c1-18(2,13-27)15-5-4-10-26(15)32(28,29)14-6-7-16(25-17(14)20(21,22)23)24-9-8-19(3)30-11-12-31-19/h6-7,15,27H,4-5,8-13H2,1-3H3,(H,24,25). The van der Waals surface area contributed by atoms with Gasteiger partial charge in [0, 0.05) is 37.6 Å². The second-order valence-electron chi connectivity index (χ2n) is 8.97. The molecule has 1 aromatic heterocycles. The van der Waals surface area contributed by atoms with E-state index in [1.807, 2.05) is 0 Å². The molecule has 182 valence electrons. The fourth-order valence-electron chi connectivity index (χ4n) is 4.12. The minimum atomic E-state index is -4.97. The number of hydrogen-bond donors (Lipinski definition) is 2. The highest BCUT2D eigenvalue weighted by atomic mass is 32.2. The number of aromatic nitrogens is 1. The average Bonchev–Trinajstić information content (AvgIpc) is 3.37. The summed E-state index contributed by atoms with van der Waals surface area (Å²) in [6.45, 7) is 6.06. The van der Waals surface area contributed by atoms with Crippen LogP contribution in [0.25, 0.3) is 0 Å². The summed E-state index contributed by atoms with van der Waals surface area (Å²) in [4.78, 5) is 2.72. The summed E-state index contributed by atoms with van der Waals surface area (Å²) in [7, 11) is -4.48. The van der Waals surface area contributed by atoms with Gasteiger partial charge in [-0.05, 0) is 31.9 Å². The fourth-order valence-corrected chi connectivity index (χ4v) is 6.11. The van der Waals surface area contributed by atoms with Gasteiger partial charge in [0.1, 0.15) is 10.7 Å². The van der Waals surface area contributed by atoms with E-state index in [2.05, 4.69) is 10.3 Å². The van der Waals surface area contributed by atoms with E-state index in [1.165, 1.54) is 6.07 Å². The van der Waals surface area contributed by atoms with Crippen LogP contribution >= 0.6 is 0 Å². The molecular weight excluding hydrogens is 451 g/mol. The Bertz CT molecular complexity index is 918. The molecule has 0 aromatic carbocycles. The van der Waals surface area contributed by atoms with Crippen LogP contribution in [0.2, 0.25) is 0 Å². The number of pyridine rings is 1. The molecule has 8 nitrogen and oxygen atoms in total. The van der Waals surface area contributed by atoms with Crippen LogP contribution in [0, 0.1) is 5.41 Å². The second-order valence-corrected chi connectivity index (χ2v) is 10.8. The Morgan fingerprint density at radius 3 is 2.53 bits per heavy atom. The largest absolute Gasteiger partial charge is 0.434 e. The predicted octanol–water partition coefficient (Wildman–Crippen LogP) is 2.84. The van der Waals surface area contributed by atoms with Crippen LogP contribution in [-0.4, -0.2) is 67.6 Å². The van der Waals surface area contributed by atoms with Crippen molar-refractivity contribution in [1.82, 2.24) is 9.29 Å². The summed E-state index contributed by atoms with van der Waals surface area (Å²) < 4.78 is 80.0. The van der Waals surface area contributed by atoms with Gasteiger partial charge in [-0.3, -0.25) is 0 Å². The van der Waals surface area contributed by atoms with Crippen LogP contribution in [0.15, 0.2) is 17.0 Å². The van der Waals surface area contributed by atoms with Gasteiger partial charge in [-0.25, -0.2) is 13.4 Å². The Hall–Kier alpha value is -1.47. The van der Waals surface area contributed by atoms with Gasteiger partial charge in [-0.2, -0.15) is 17.5 Å². The first-order valence-electron chi connectivity index (χ1n) is 10.5. The number of alkyl halides is 3. The van der Waals surface area contributed by atoms with Gasteiger partial charge in [0.25, 0.3) is 0 Å². The highest BCUT2D eigenvalue weighted by Crippen LogP contribution is 2.40. The molecule has 0 amide bonds. The maximum atomic E-state index is 13.8. The lowest BCUT2D eigenvalue weighted by atomic mass is 9.84. The van der Waals surface area contributed by atoms with Crippen molar-refractivity contribution < 1.29 is 36.2 Å². The molecule has 12 heteroatoms. The summed E-state index contributed by atoms with van der Waals surface area (Å²) >= 11 is 0. The number of anilines is 1. The van der Waals surface area contributed by atoms with E-state index in [-0.39, 0.29) is 25.5 Å². The molecule has 0 aliphatic carbocycles. The van der Waals surface area contributed by atoms with Crippen LogP contribution in [-0.2, 0) is 25.7 Å². The Balaban J connectivity index is 1.87. The normalized spacial score (nSPS) is 22.4. The number of ether oxygens (including phenoxy) is 2. The second kappa shape index (κ2) is 9.05. The molecule has 2 fully saturated rings. The Morgan fingerprint density at radius 2 is 1.94 bits per heavy atom. The first kappa shape index (κ1) is 25.2. The van der Waals surface area contributed by atoms with E-state index >= 15 is 0 Å². The number of sulfonamides is 1. The number of halogens is 3. The lowest BCUT2D eigenvalue weighted by Gasteiger charge is -2.36. The third kappa shape index (κ3) is 5.19. The van der Waals surface area contributed by atoms with Crippen molar-refractivity contribution in [3.63, 3.8) is 0 Å². The van der Waals surface area contributed by atoms with Gasteiger partial charge in [0.2, 0.25) is 10.0 Å². The molecule has 32 heavy (non-hydrogen) atoms. The molecular formula is C20H30F3N3O5S. The van der Waals surface area contributed by atoms with E-state index in [1.54, 1.807) is 20.8 Å². The van der Waals surface area contributed by atoms with Crippen LogP contribution in [0.5, 0.6) is 0 Å². The van der Waals surface area contributed by atoms with E-state index < -0.39 is 44.0 Å². The topological polar surface area (TPSA) is 101 Å². The lowest BCUT2D eigenvalue weighted by molar-refractivity contribution is -0.144. The summed E-state index contributed by atoms with van der Waals surface area (Å²) in [5, 5.41) is 12.5. The molecule has 1 aromatic rings. The zero-order valence-electron chi connectivity index (χ0n) is 18.4. The molecule has 1 unspecified atom stereocenters. The number of hydrogen-bond acceptors (Lipinski definition) is 7. The molecule has 2 saturated heterocycles. The van der Waals surface area contributed by atoms with Crippen molar-refractivity contribution in [3.8, 4) is 0 Å². The fraction of sp³-hybridized carbons (Fsp3) is 0.750. The number of nitrogens with one attached hydrogen (secondary N) is 1. The first-order valence-corrected chi connectivity index (χ1v) is 12.0. The molecule has 3 heterocycles. The quantitative estimate of drug-likeness (QED) is 0.589. The number of rotatable bonds is 8. The Labute approximate surface area is 186 Å². The third-order valence-corrected chi connectivity index (χ3v) is 7.95. The number of aliphatic hydroxyl groups is 1. The smallest absolute Gasteiger partial charge is 0.396 e. The van der Waals surface area contributed by atoms with Gasteiger partial charge < -0.3 is 19.9 Å². The molecule has 2 aliphatic heterocycles. The maximum absolute atomic E-state index is 13.8. The van der Waals surface area contributed by atoms with Gasteiger partial charge in [0.15, 0.2) is 11.5 Å². The molecule has 0 spiro atoms. The zero-order valence-corrected chi connectivity index (χ0v) is 19.2. The molecule has 0 saturated carbocycles. The van der Waals surface area contributed by atoms with Crippen molar-refractivity contribution >= 4 is 15.8 Å². The molecule has 0 bridgehead atoms. The Kier molecular flexibility index (Phi) is 7.12. The third-order valence-electron chi connectivity index (χ3n) is 6.01. The minimum Gasteiger partial charge on any atom is -0.396 e. The number of nitrogens with zero attached hydrogens (tertiary/aromatic N) is 2. The first-order chi connectivity index (χ1) is 14.8. The van der Waals surface area contributed by atoms with Crippen molar-refractivity contribution in [2.24, 2.45) is 5.41 Å². The van der Waals surface area contributed by atoms with Crippen LogP contribution in [0.4, 0.5) is 19.0 Å². The SMILES string of the molecule is CC1(CCNc2ccc(S(=O)(=O)N3CCCC3C(C)(C)CO)c(C(F)(F)F)n2)OCCO1. The summed E-state index contributed by atoms with van der Waals surface area (Å²) in [6.07, 6.45) is -3.62. The summed E-state index contributed by atoms with van der Waals surface area (Å²) in [5.41, 5.74) is -2.26. The lowest BCUT2D eigenvalue weighted by Crippen LogP contribution is -2.46. The zero-order chi connectivity index (χ0) is 23.8. The van der Waals surface area contributed by atoms with Gasteiger partial charge in [-0.1, -0.05) is 13.8 Å².